The van der Waals surface area contributed by atoms with Crippen LogP contribution >= 0.6 is 24.0 Å². The number of thiocarbonyl (C=S) groups is 1. The van der Waals surface area contributed by atoms with Crippen molar-refractivity contribution in [2.75, 3.05) is 19.0 Å². The number of hydrogen-bond acceptors (Lipinski definition) is 6. The van der Waals surface area contributed by atoms with E-state index in [4.69, 9.17) is 12.2 Å². The molecule has 1 aliphatic heterocycles. The second-order valence-corrected chi connectivity index (χ2v) is 8.82. The Morgan fingerprint density at radius 2 is 1.82 bits per heavy atom. The summed E-state index contributed by atoms with van der Waals surface area (Å²) in [5, 5.41) is 2.28. The van der Waals surface area contributed by atoms with E-state index in [9.17, 15) is 27.6 Å². The van der Waals surface area contributed by atoms with Gasteiger partial charge >= 0.3 is 12.1 Å². The first-order valence-electron chi connectivity index (χ1n) is 10.00. The number of halogens is 3. The number of anilines is 1. The first kappa shape index (κ1) is 25.4. The van der Waals surface area contributed by atoms with Crippen LogP contribution in [0.5, 0.6) is 0 Å². The maximum Gasteiger partial charge on any atom is 0.418 e. The number of methoxy groups -OCH3 is 1. The molecule has 0 saturated carbocycles. The summed E-state index contributed by atoms with van der Waals surface area (Å²) in [4.78, 5) is 38.1. The van der Waals surface area contributed by atoms with Crippen LogP contribution in [0.2, 0.25) is 0 Å². The molecule has 0 bridgehead atoms. The highest BCUT2D eigenvalue weighted by Gasteiger charge is 2.34. The van der Waals surface area contributed by atoms with E-state index >= 15 is 0 Å². The average molecular weight is 509 g/mol. The third-order valence-electron chi connectivity index (χ3n) is 4.80. The maximum absolute atomic E-state index is 13.1. The third kappa shape index (κ3) is 6.23. The van der Waals surface area contributed by atoms with Crippen LogP contribution < -0.4 is 5.32 Å². The number of benzene rings is 2. The third-order valence-corrected chi connectivity index (χ3v) is 6.17. The Hall–Kier alpha value is -3.18. The van der Waals surface area contributed by atoms with Gasteiger partial charge in [-0.15, -0.1) is 0 Å². The topological polar surface area (TPSA) is 75.7 Å². The maximum atomic E-state index is 13.1. The number of para-hydroxylation sites is 1. The monoisotopic (exact) mass is 508 g/mol. The van der Waals surface area contributed by atoms with E-state index in [1.54, 1.807) is 30.3 Å². The first-order chi connectivity index (χ1) is 16.1. The lowest BCUT2D eigenvalue weighted by Gasteiger charge is -2.15. The Morgan fingerprint density at radius 1 is 1.15 bits per heavy atom. The highest BCUT2D eigenvalue weighted by Crippen LogP contribution is 2.35. The molecule has 0 atom stereocenters. The van der Waals surface area contributed by atoms with Gasteiger partial charge in [0.15, 0.2) is 0 Å². The van der Waals surface area contributed by atoms with Gasteiger partial charge in [-0.1, -0.05) is 48.2 Å². The van der Waals surface area contributed by atoms with Gasteiger partial charge in [0.25, 0.3) is 5.91 Å². The van der Waals surface area contributed by atoms with Crippen LogP contribution in [-0.2, 0) is 20.5 Å². The van der Waals surface area contributed by atoms with Gasteiger partial charge in [-0.05, 0) is 42.3 Å². The van der Waals surface area contributed by atoms with Crippen molar-refractivity contribution in [1.82, 2.24) is 4.90 Å². The van der Waals surface area contributed by atoms with Crippen LogP contribution in [0.1, 0.15) is 34.3 Å². The molecule has 1 heterocycles. The lowest BCUT2D eigenvalue weighted by molar-refractivity contribution is -0.137. The molecule has 1 saturated heterocycles. The van der Waals surface area contributed by atoms with E-state index in [1.807, 2.05) is 0 Å². The Labute approximate surface area is 203 Å². The Balaban J connectivity index is 1.56. The molecule has 2 amide bonds. The number of nitrogens with zero attached hydrogens (tertiary/aromatic N) is 1. The van der Waals surface area contributed by atoms with Crippen LogP contribution in [0.3, 0.4) is 0 Å². The summed E-state index contributed by atoms with van der Waals surface area (Å²) in [6.07, 6.45) is -2.82. The minimum atomic E-state index is -4.59. The van der Waals surface area contributed by atoms with Gasteiger partial charge in [0, 0.05) is 13.0 Å². The normalized spacial score (nSPS) is 15.1. The fourth-order valence-electron chi connectivity index (χ4n) is 3.13. The van der Waals surface area contributed by atoms with Crippen LogP contribution in [0.4, 0.5) is 18.9 Å². The fourth-order valence-corrected chi connectivity index (χ4v) is 4.44. The van der Waals surface area contributed by atoms with E-state index in [0.29, 0.717) is 20.4 Å². The van der Waals surface area contributed by atoms with Crippen LogP contribution in [0.25, 0.3) is 6.08 Å². The lowest BCUT2D eigenvalue weighted by atomic mass is 10.1. The number of nitrogens with one attached hydrogen (secondary N) is 1. The minimum Gasteiger partial charge on any atom is -0.465 e. The van der Waals surface area contributed by atoms with Crippen molar-refractivity contribution in [2.24, 2.45) is 0 Å². The highest BCUT2D eigenvalue weighted by atomic mass is 32.2. The molecule has 11 heteroatoms. The van der Waals surface area contributed by atoms with Crippen molar-refractivity contribution in [3.63, 3.8) is 0 Å². The first-order valence-corrected chi connectivity index (χ1v) is 11.2. The van der Waals surface area contributed by atoms with Gasteiger partial charge in [-0.25, -0.2) is 4.79 Å². The van der Waals surface area contributed by atoms with Crippen LogP contribution in [-0.4, -0.2) is 40.7 Å². The standard InChI is InChI=1S/C23H19F3N2O4S2/c1-32-21(31)15-10-8-14(9-11-15)13-18-20(30)28(22(33)34-18)12-4-7-19(29)27-17-6-3-2-5-16(17)23(24,25)26/h2-3,5-6,8-11,13H,4,7,12H2,1H3,(H,27,29)/b18-13-. The quantitative estimate of drug-likeness (QED) is 0.318. The zero-order valence-corrected chi connectivity index (χ0v) is 19.5. The molecule has 1 fully saturated rings. The molecule has 34 heavy (non-hydrogen) atoms. The molecule has 1 N–H and O–H groups in total. The molecule has 178 valence electrons. The summed E-state index contributed by atoms with van der Waals surface area (Å²) in [6, 6.07) is 11.2. The molecule has 0 aliphatic carbocycles. The zero-order valence-electron chi connectivity index (χ0n) is 17.8. The van der Waals surface area contributed by atoms with E-state index in [0.717, 1.165) is 17.8 Å². The summed E-state index contributed by atoms with van der Waals surface area (Å²) in [6.45, 7) is 0.150. The lowest BCUT2D eigenvalue weighted by Crippen LogP contribution is -2.29. The highest BCUT2D eigenvalue weighted by molar-refractivity contribution is 8.26. The van der Waals surface area contributed by atoms with Crippen molar-refractivity contribution < 1.29 is 32.3 Å². The molecule has 0 spiro atoms. The van der Waals surface area contributed by atoms with Crippen molar-refractivity contribution in [1.29, 1.82) is 0 Å². The molecule has 2 aromatic carbocycles. The second kappa shape index (κ2) is 10.8. The average Bonchev–Trinajstić information content (AvgIpc) is 3.06. The summed E-state index contributed by atoms with van der Waals surface area (Å²) < 4.78 is 44.2. The van der Waals surface area contributed by atoms with E-state index in [2.05, 4.69) is 10.1 Å². The molecular weight excluding hydrogens is 489 g/mol. The number of esters is 1. The van der Waals surface area contributed by atoms with Crippen molar-refractivity contribution >= 4 is 57.8 Å². The molecule has 0 unspecified atom stereocenters. The van der Waals surface area contributed by atoms with Gasteiger partial charge < -0.3 is 10.1 Å². The molecule has 2 aromatic rings. The van der Waals surface area contributed by atoms with E-state index in [-0.39, 0.29) is 31.0 Å². The molecular formula is C23H19F3N2O4S2. The van der Waals surface area contributed by atoms with Crippen molar-refractivity contribution in [3.05, 3.63) is 70.1 Å². The number of rotatable bonds is 7. The van der Waals surface area contributed by atoms with E-state index < -0.39 is 23.6 Å². The van der Waals surface area contributed by atoms with E-state index in [1.165, 1.54) is 30.2 Å². The number of ether oxygens (including phenoxy) is 1. The number of hydrogen-bond donors (Lipinski definition) is 1. The minimum absolute atomic E-state index is 0.0860. The number of thioether (sulfide) groups is 1. The molecule has 3 rings (SSSR count). The predicted molar refractivity (Wildman–Crippen MR) is 127 cm³/mol. The van der Waals surface area contributed by atoms with Gasteiger partial charge in [0.05, 0.1) is 28.8 Å². The molecule has 1 aliphatic rings. The Bertz CT molecular complexity index is 1150. The number of amides is 2. The molecule has 0 radical (unpaired) electrons. The fraction of sp³-hybridized carbons (Fsp3) is 0.217. The Morgan fingerprint density at radius 3 is 2.47 bits per heavy atom. The van der Waals surface area contributed by atoms with Crippen molar-refractivity contribution in [2.45, 2.75) is 19.0 Å². The second-order valence-electron chi connectivity index (χ2n) is 7.14. The van der Waals surface area contributed by atoms with Crippen LogP contribution in [0.15, 0.2) is 53.4 Å². The predicted octanol–water partition coefficient (Wildman–Crippen LogP) is 5.11. The largest absolute Gasteiger partial charge is 0.465 e. The number of carbonyl (C=O) groups is 3. The summed E-state index contributed by atoms with van der Waals surface area (Å²) in [5.74, 6) is -1.39. The van der Waals surface area contributed by atoms with Crippen molar-refractivity contribution in [3.8, 4) is 0 Å². The van der Waals surface area contributed by atoms with Gasteiger partial charge in [0.2, 0.25) is 5.91 Å². The zero-order chi connectivity index (χ0) is 24.9. The SMILES string of the molecule is COC(=O)c1ccc(/C=C2\SC(=S)N(CCCC(=O)Nc3ccccc3C(F)(F)F)C2=O)cc1. The summed E-state index contributed by atoms with van der Waals surface area (Å²) >= 11 is 6.37. The van der Waals surface area contributed by atoms with Crippen LogP contribution in [0, 0.1) is 0 Å². The van der Waals surface area contributed by atoms with Gasteiger partial charge in [-0.2, -0.15) is 13.2 Å². The smallest absolute Gasteiger partial charge is 0.418 e. The summed E-state index contributed by atoms with van der Waals surface area (Å²) in [7, 11) is 1.28. The summed E-state index contributed by atoms with van der Waals surface area (Å²) in [5.41, 5.74) is -0.170. The van der Waals surface area contributed by atoms with Gasteiger partial charge in [-0.3, -0.25) is 14.5 Å². The number of alkyl halides is 3. The molecule has 6 nitrogen and oxygen atoms in total. The molecule has 0 aromatic heterocycles. The van der Waals surface area contributed by atoms with Gasteiger partial charge in [0.1, 0.15) is 4.32 Å². The number of carbonyl (C=O) groups excluding carboxylic acids is 3. The Kier molecular flexibility index (Phi) is 8.11.